The van der Waals surface area contributed by atoms with Gasteiger partial charge in [-0.25, -0.2) is 0 Å². The quantitative estimate of drug-likeness (QED) is 0.796. The monoisotopic (exact) mass is 283 g/mol. The minimum Gasteiger partial charge on any atom is -0.497 e. The fourth-order valence-corrected chi connectivity index (χ4v) is 2.48. The van der Waals surface area contributed by atoms with Crippen LogP contribution in [0.5, 0.6) is 11.5 Å². The summed E-state index contributed by atoms with van der Waals surface area (Å²) in [6.45, 7) is 0. The van der Waals surface area contributed by atoms with E-state index in [9.17, 15) is 0 Å². The van der Waals surface area contributed by atoms with Crippen LogP contribution in [0.2, 0.25) is 0 Å². The first-order valence-electron chi connectivity index (χ1n) is 6.68. The highest BCUT2D eigenvalue weighted by Crippen LogP contribution is 2.35. The number of hydrogen-bond acceptors (Lipinski definition) is 4. The lowest BCUT2D eigenvalue weighted by atomic mass is 9.98. The van der Waals surface area contributed by atoms with Gasteiger partial charge in [0.05, 0.1) is 26.5 Å². The molecule has 1 aromatic heterocycles. The summed E-state index contributed by atoms with van der Waals surface area (Å²) in [6, 6.07) is 13.1. The number of furan rings is 1. The Kier molecular flexibility index (Phi) is 3.54. The number of ether oxygens (including phenoxy) is 2. The van der Waals surface area contributed by atoms with Crippen molar-refractivity contribution in [1.29, 1.82) is 0 Å². The van der Waals surface area contributed by atoms with Crippen molar-refractivity contribution in [3.63, 3.8) is 0 Å². The van der Waals surface area contributed by atoms with Crippen molar-refractivity contribution < 1.29 is 13.9 Å². The van der Waals surface area contributed by atoms with Crippen molar-refractivity contribution in [3.8, 4) is 11.5 Å². The molecule has 0 aliphatic rings. The third kappa shape index (κ3) is 2.34. The minimum absolute atomic E-state index is 0.325. The number of para-hydroxylation sites is 1. The fraction of sp³-hybridized carbons (Fsp3) is 0.176. The van der Waals surface area contributed by atoms with Gasteiger partial charge in [-0.05, 0) is 18.2 Å². The largest absolute Gasteiger partial charge is 0.497 e. The molecule has 0 bridgehead atoms. The molecule has 0 saturated heterocycles. The average Bonchev–Trinajstić information content (AvgIpc) is 2.97. The van der Waals surface area contributed by atoms with Crippen LogP contribution in [0.15, 0.2) is 53.1 Å². The van der Waals surface area contributed by atoms with Gasteiger partial charge >= 0.3 is 0 Å². The molecule has 3 aromatic rings. The normalized spacial score (nSPS) is 12.3. The zero-order valence-electron chi connectivity index (χ0n) is 12.0. The summed E-state index contributed by atoms with van der Waals surface area (Å²) in [7, 11) is 3.25. The molecule has 0 aliphatic heterocycles. The van der Waals surface area contributed by atoms with Gasteiger partial charge in [-0.3, -0.25) is 0 Å². The van der Waals surface area contributed by atoms with Crippen LogP contribution in [0.1, 0.15) is 17.2 Å². The van der Waals surface area contributed by atoms with Gasteiger partial charge in [-0.1, -0.05) is 18.2 Å². The Morgan fingerprint density at radius 2 is 1.81 bits per heavy atom. The Balaban J connectivity index is 2.07. The number of benzene rings is 2. The van der Waals surface area contributed by atoms with Crippen LogP contribution < -0.4 is 15.2 Å². The predicted octanol–water partition coefficient (Wildman–Crippen LogP) is 3.50. The van der Waals surface area contributed by atoms with Crippen molar-refractivity contribution in [1.82, 2.24) is 0 Å². The van der Waals surface area contributed by atoms with Crippen LogP contribution in [0.4, 0.5) is 0 Å². The number of fused-ring (bicyclic) bond motifs is 1. The van der Waals surface area contributed by atoms with E-state index in [2.05, 4.69) is 0 Å². The van der Waals surface area contributed by atoms with Crippen LogP contribution >= 0.6 is 0 Å². The molecule has 0 spiro atoms. The van der Waals surface area contributed by atoms with Crippen LogP contribution in [0.3, 0.4) is 0 Å². The molecule has 2 N–H and O–H groups in total. The van der Waals surface area contributed by atoms with E-state index in [-0.39, 0.29) is 6.04 Å². The molecule has 0 radical (unpaired) electrons. The van der Waals surface area contributed by atoms with Gasteiger partial charge in [0.1, 0.15) is 17.1 Å². The third-order valence-electron chi connectivity index (χ3n) is 3.62. The predicted molar refractivity (Wildman–Crippen MR) is 81.8 cm³/mol. The first kappa shape index (κ1) is 13.5. The Labute approximate surface area is 123 Å². The summed E-state index contributed by atoms with van der Waals surface area (Å²) < 4.78 is 16.2. The zero-order chi connectivity index (χ0) is 14.8. The molecule has 2 aromatic carbocycles. The summed E-state index contributed by atoms with van der Waals surface area (Å²) >= 11 is 0. The molecule has 0 saturated carbocycles. The Hall–Kier alpha value is -2.46. The number of hydrogen-bond donors (Lipinski definition) is 1. The molecule has 0 aliphatic carbocycles. The van der Waals surface area contributed by atoms with E-state index in [0.717, 1.165) is 27.8 Å². The Bertz CT molecular complexity index is 764. The van der Waals surface area contributed by atoms with E-state index >= 15 is 0 Å². The number of rotatable bonds is 4. The summed E-state index contributed by atoms with van der Waals surface area (Å²) in [5, 5.41) is 1.02. The minimum atomic E-state index is -0.325. The van der Waals surface area contributed by atoms with Crippen molar-refractivity contribution in [2.45, 2.75) is 6.04 Å². The van der Waals surface area contributed by atoms with Gasteiger partial charge in [0.2, 0.25) is 0 Å². The zero-order valence-corrected chi connectivity index (χ0v) is 12.0. The molecular formula is C17H17NO3. The summed E-state index contributed by atoms with van der Waals surface area (Å²) in [5.41, 5.74) is 9.08. The van der Waals surface area contributed by atoms with Crippen molar-refractivity contribution >= 4 is 11.0 Å². The van der Waals surface area contributed by atoms with E-state index in [0.29, 0.717) is 5.75 Å². The maximum Gasteiger partial charge on any atom is 0.134 e. The first-order valence-corrected chi connectivity index (χ1v) is 6.68. The van der Waals surface area contributed by atoms with E-state index in [1.807, 2.05) is 42.5 Å². The van der Waals surface area contributed by atoms with Gasteiger partial charge in [0.25, 0.3) is 0 Å². The second kappa shape index (κ2) is 5.50. The van der Waals surface area contributed by atoms with E-state index in [4.69, 9.17) is 19.6 Å². The molecule has 108 valence electrons. The van der Waals surface area contributed by atoms with Crippen LogP contribution in [0, 0.1) is 0 Å². The Morgan fingerprint density at radius 1 is 1.00 bits per heavy atom. The summed E-state index contributed by atoms with van der Waals surface area (Å²) in [4.78, 5) is 0. The van der Waals surface area contributed by atoms with E-state index in [1.165, 1.54) is 0 Å². The van der Waals surface area contributed by atoms with Gasteiger partial charge < -0.3 is 19.6 Å². The molecule has 1 atom stereocenters. The summed E-state index contributed by atoms with van der Waals surface area (Å²) in [6.07, 6.45) is 1.71. The second-order valence-electron chi connectivity index (χ2n) is 4.77. The topological polar surface area (TPSA) is 57.6 Å². The maximum absolute atomic E-state index is 6.41. The molecule has 4 nitrogen and oxygen atoms in total. The number of methoxy groups -OCH3 is 2. The summed E-state index contributed by atoms with van der Waals surface area (Å²) in [5.74, 6) is 1.44. The lowest BCUT2D eigenvalue weighted by Gasteiger charge is -2.16. The Morgan fingerprint density at radius 3 is 2.57 bits per heavy atom. The molecule has 1 unspecified atom stereocenters. The van der Waals surface area contributed by atoms with Gasteiger partial charge in [-0.15, -0.1) is 0 Å². The standard InChI is InChI=1S/C17H17NO3/c1-19-11-7-8-13(16(9-11)20-2)17(18)14-10-21-15-6-4-3-5-12(14)15/h3-10,17H,18H2,1-2H3. The van der Waals surface area contributed by atoms with E-state index in [1.54, 1.807) is 20.5 Å². The van der Waals surface area contributed by atoms with Crippen molar-refractivity contribution in [2.75, 3.05) is 14.2 Å². The highest BCUT2D eigenvalue weighted by molar-refractivity contribution is 5.82. The first-order chi connectivity index (χ1) is 10.2. The second-order valence-corrected chi connectivity index (χ2v) is 4.77. The molecule has 21 heavy (non-hydrogen) atoms. The molecule has 4 heteroatoms. The third-order valence-corrected chi connectivity index (χ3v) is 3.62. The maximum atomic E-state index is 6.41. The van der Waals surface area contributed by atoms with Crippen molar-refractivity contribution in [2.24, 2.45) is 5.73 Å². The van der Waals surface area contributed by atoms with Crippen molar-refractivity contribution in [3.05, 3.63) is 59.9 Å². The molecule has 0 amide bonds. The molecular weight excluding hydrogens is 266 g/mol. The smallest absolute Gasteiger partial charge is 0.134 e. The van der Waals surface area contributed by atoms with Gasteiger partial charge in [0.15, 0.2) is 0 Å². The lowest BCUT2D eigenvalue weighted by Crippen LogP contribution is -2.12. The van der Waals surface area contributed by atoms with Crippen LogP contribution in [0.25, 0.3) is 11.0 Å². The average molecular weight is 283 g/mol. The molecule has 0 fully saturated rings. The highest BCUT2D eigenvalue weighted by atomic mass is 16.5. The van der Waals surface area contributed by atoms with Crippen LogP contribution in [-0.2, 0) is 0 Å². The van der Waals surface area contributed by atoms with Gasteiger partial charge in [-0.2, -0.15) is 0 Å². The molecule has 3 rings (SSSR count). The molecule has 1 heterocycles. The SMILES string of the molecule is COc1ccc(C(N)c2coc3ccccc23)c(OC)c1. The van der Waals surface area contributed by atoms with Crippen LogP contribution in [-0.4, -0.2) is 14.2 Å². The lowest BCUT2D eigenvalue weighted by molar-refractivity contribution is 0.390. The number of nitrogens with two attached hydrogens (primary N) is 1. The highest BCUT2D eigenvalue weighted by Gasteiger charge is 2.19. The van der Waals surface area contributed by atoms with Gasteiger partial charge in [0, 0.05) is 22.6 Å². The fourth-order valence-electron chi connectivity index (χ4n) is 2.48. The van der Waals surface area contributed by atoms with E-state index < -0.39 is 0 Å².